The maximum atomic E-state index is 13.1. The predicted molar refractivity (Wildman–Crippen MR) is 108 cm³/mol. The smallest absolute Gasteiger partial charge is 0.352 e. The summed E-state index contributed by atoms with van der Waals surface area (Å²) in [5.41, 5.74) is 2.97. The first-order chi connectivity index (χ1) is 13.9. The number of hydrazine groups is 2. The minimum Gasteiger partial charge on any atom is -0.472 e. The van der Waals surface area contributed by atoms with Gasteiger partial charge in [0.1, 0.15) is 12.4 Å². The molecule has 2 amide bonds. The monoisotopic (exact) mass is 398 g/mol. The summed E-state index contributed by atoms with van der Waals surface area (Å²) < 4.78 is 20.5. The summed E-state index contributed by atoms with van der Waals surface area (Å²) in [7, 11) is 1.42. The average molecular weight is 398 g/mol. The maximum absolute atomic E-state index is 13.1. The van der Waals surface area contributed by atoms with Crippen molar-refractivity contribution in [2.75, 3.05) is 12.1 Å². The largest absolute Gasteiger partial charge is 0.472 e. The van der Waals surface area contributed by atoms with Crippen LogP contribution in [0.3, 0.4) is 0 Å². The van der Waals surface area contributed by atoms with Crippen LogP contribution in [0.15, 0.2) is 54.7 Å². The fraction of sp³-hybridized carbons (Fsp3) is 0.200. The third-order valence-corrected chi connectivity index (χ3v) is 4.42. The van der Waals surface area contributed by atoms with Crippen molar-refractivity contribution in [3.05, 3.63) is 71.7 Å². The van der Waals surface area contributed by atoms with Crippen LogP contribution in [0.1, 0.15) is 18.1 Å². The van der Waals surface area contributed by atoms with Gasteiger partial charge in [0, 0.05) is 24.9 Å². The molecule has 152 valence electrons. The van der Waals surface area contributed by atoms with Crippen LogP contribution < -0.4 is 21.4 Å². The van der Waals surface area contributed by atoms with Crippen LogP contribution >= 0.6 is 0 Å². The summed E-state index contributed by atoms with van der Waals surface area (Å²) in [5.74, 6) is 11.6. The summed E-state index contributed by atoms with van der Waals surface area (Å²) in [6, 6.07) is 12.6. The van der Waals surface area contributed by atoms with Gasteiger partial charge in [-0.3, -0.25) is 5.01 Å². The number of nitrogens with zero attached hydrogens (tertiary/aromatic N) is 4. The van der Waals surface area contributed by atoms with E-state index in [4.69, 9.17) is 16.4 Å². The molecule has 0 atom stereocenters. The lowest BCUT2D eigenvalue weighted by Crippen LogP contribution is -2.49. The number of carbonyl (C=O) groups excluding carboxylic acids is 1. The zero-order chi connectivity index (χ0) is 21.0. The zero-order valence-corrected chi connectivity index (χ0v) is 16.2. The number of anilines is 1. The predicted octanol–water partition coefficient (Wildman–Crippen LogP) is 2.76. The molecule has 2 aromatic carbocycles. The topological polar surface area (TPSA) is 103 Å². The number of halogens is 1. The Balaban J connectivity index is 1.81. The van der Waals surface area contributed by atoms with Crippen LogP contribution in [-0.4, -0.2) is 27.9 Å². The van der Waals surface area contributed by atoms with Gasteiger partial charge in [-0.05, 0) is 42.3 Å². The number of amides is 2. The lowest BCUT2D eigenvalue weighted by Gasteiger charge is -2.24. The van der Waals surface area contributed by atoms with Crippen molar-refractivity contribution in [1.82, 2.24) is 14.8 Å². The van der Waals surface area contributed by atoms with E-state index in [1.54, 1.807) is 35.1 Å². The Kier molecular flexibility index (Phi) is 6.10. The van der Waals surface area contributed by atoms with Gasteiger partial charge in [0.25, 0.3) is 0 Å². The molecule has 0 aliphatic carbocycles. The van der Waals surface area contributed by atoms with Crippen LogP contribution in [-0.2, 0) is 13.0 Å². The number of aryl methyl sites for hydroxylation is 1. The van der Waals surface area contributed by atoms with Gasteiger partial charge in [0.2, 0.25) is 5.88 Å². The highest BCUT2D eigenvalue weighted by Gasteiger charge is 2.19. The number of hydrogen-bond acceptors (Lipinski definition) is 5. The van der Waals surface area contributed by atoms with Gasteiger partial charge in [-0.2, -0.15) is 0 Å². The molecular weight excluding hydrogens is 375 g/mol. The number of urea groups is 1. The van der Waals surface area contributed by atoms with E-state index in [1.165, 1.54) is 19.2 Å². The van der Waals surface area contributed by atoms with Gasteiger partial charge < -0.3 is 4.74 Å². The SMILES string of the molecule is CCc1cccc(N(N)C(=O)N(C)N)c1COc1ccn(-c2ccc(F)cc2)n1. The number of rotatable bonds is 6. The Morgan fingerprint density at radius 3 is 2.55 bits per heavy atom. The molecule has 29 heavy (non-hydrogen) atoms. The molecule has 0 fully saturated rings. The minimum atomic E-state index is -0.555. The van der Waals surface area contributed by atoms with Gasteiger partial charge in [0.15, 0.2) is 0 Å². The molecular formula is C20H23FN6O2. The molecule has 3 aromatic rings. The lowest BCUT2D eigenvalue weighted by atomic mass is 10.0. The molecule has 8 nitrogen and oxygen atoms in total. The molecule has 0 aliphatic heterocycles. The van der Waals surface area contributed by atoms with Crippen molar-refractivity contribution in [2.24, 2.45) is 11.7 Å². The zero-order valence-electron chi connectivity index (χ0n) is 16.2. The van der Waals surface area contributed by atoms with Crippen LogP contribution in [0.5, 0.6) is 5.88 Å². The second-order valence-electron chi connectivity index (χ2n) is 6.40. The highest BCUT2D eigenvalue weighted by Crippen LogP contribution is 2.25. The number of nitrogens with two attached hydrogens (primary N) is 2. The summed E-state index contributed by atoms with van der Waals surface area (Å²) in [5, 5.41) is 6.26. The van der Waals surface area contributed by atoms with Crippen molar-refractivity contribution < 1.29 is 13.9 Å². The van der Waals surface area contributed by atoms with E-state index in [2.05, 4.69) is 5.10 Å². The molecule has 0 aliphatic rings. The fourth-order valence-corrected chi connectivity index (χ4v) is 2.89. The quantitative estimate of drug-likeness (QED) is 0.378. The minimum absolute atomic E-state index is 0.162. The first-order valence-electron chi connectivity index (χ1n) is 9.03. The van der Waals surface area contributed by atoms with Gasteiger partial charge >= 0.3 is 6.03 Å². The standard InChI is InChI=1S/C20H23FN6O2/c1-3-14-5-4-6-18(27(23)20(28)25(2)22)17(14)13-29-19-11-12-26(24-19)16-9-7-15(21)8-10-16/h4-12H,3,13,22-23H2,1-2H3. The Hall–Kier alpha value is -3.43. The fourth-order valence-electron chi connectivity index (χ4n) is 2.89. The molecule has 0 radical (unpaired) electrons. The summed E-state index contributed by atoms with van der Waals surface area (Å²) in [6.45, 7) is 2.17. The molecule has 1 heterocycles. The Labute approximate surface area is 168 Å². The second kappa shape index (κ2) is 8.72. The first kappa shape index (κ1) is 20.3. The molecule has 0 unspecified atom stereocenters. The maximum Gasteiger partial charge on any atom is 0.352 e. The van der Waals surface area contributed by atoms with Gasteiger partial charge in [-0.1, -0.05) is 19.1 Å². The van der Waals surface area contributed by atoms with Crippen molar-refractivity contribution in [3.8, 4) is 11.6 Å². The van der Waals surface area contributed by atoms with Crippen molar-refractivity contribution in [1.29, 1.82) is 0 Å². The number of carbonyl (C=O) groups is 1. The molecule has 0 bridgehead atoms. The van der Waals surface area contributed by atoms with Gasteiger partial charge in [-0.25, -0.2) is 30.6 Å². The molecule has 4 N–H and O–H groups in total. The Bertz CT molecular complexity index is 987. The first-order valence-corrected chi connectivity index (χ1v) is 9.03. The van der Waals surface area contributed by atoms with Crippen molar-refractivity contribution in [2.45, 2.75) is 20.0 Å². The van der Waals surface area contributed by atoms with E-state index in [0.717, 1.165) is 27.6 Å². The van der Waals surface area contributed by atoms with E-state index in [-0.39, 0.29) is 12.4 Å². The average Bonchev–Trinajstić information content (AvgIpc) is 3.20. The van der Waals surface area contributed by atoms with Crippen LogP contribution in [0.25, 0.3) is 5.69 Å². The number of ether oxygens (including phenoxy) is 1. The van der Waals surface area contributed by atoms with Crippen LogP contribution in [0.4, 0.5) is 14.9 Å². The normalized spacial score (nSPS) is 10.7. The Morgan fingerprint density at radius 1 is 1.17 bits per heavy atom. The number of aromatic nitrogens is 2. The van der Waals surface area contributed by atoms with Crippen molar-refractivity contribution in [3.63, 3.8) is 0 Å². The Morgan fingerprint density at radius 2 is 1.90 bits per heavy atom. The summed E-state index contributed by atoms with van der Waals surface area (Å²) in [6.07, 6.45) is 2.45. The summed E-state index contributed by atoms with van der Waals surface area (Å²) >= 11 is 0. The third-order valence-electron chi connectivity index (χ3n) is 4.42. The highest BCUT2D eigenvalue weighted by atomic mass is 19.1. The van der Waals surface area contributed by atoms with E-state index in [0.29, 0.717) is 17.3 Å². The molecule has 0 saturated heterocycles. The molecule has 0 saturated carbocycles. The van der Waals surface area contributed by atoms with E-state index < -0.39 is 6.03 Å². The molecule has 1 aromatic heterocycles. The van der Waals surface area contributed by atoms with Gasteiger partial charge in [0.05, 0.1) is 11.4 Å². The van der Waals surface area contributed by atoms with Crippen LogP contribution in [0, 0.1) is 5.82 Å². The summed E-state index contributed by atoms with van der Waals surface area (Å²) in [4.78, 5) is 12.2. The molecule has 9 heteroatoms. The number of benzene rings is 2. The lowest BCUT2D eigenvalue weighted by molar-refractivity contribution is 0.216. The van der Waals surface area contributed by atoms with Crippen LogP contribution in [0.2, 0.25) is 0 Å². The van der Waals surface area contributed by atoms with Gasteiger partial charge in [-0.15, -0.1) is 5.10 Å². The van der Waals surface area contributed by atoms with E-state index in [9.17, 15) is 9.18 Å². The van der Waals surface area contributed by atoms with E-state index >= 15 is 0 Å². The third kappa shape index (κ3) is 4.53. The van der Waals surface area contributed by atoms with Crippen molar-refractivity contribution >= 4 is 11.7 Å². The second-order valence-corrected chi connectivity index (χ2v) is 6.40. The molecule has 3 rings (SSSR count). The van der Waals surface area contributed by atoms with E-state index in [1.807, 2.05) is 19.1 Å². The highest BCUT2D eigenvalue weighted by molar-refractivity contribution is 5.91. The molecule has 0 spiro atoms. The number of hydrogen-bond donors (Lipinski definition) is 2.